The summed E-state index contributed by atoms with van der Waals surface area (Å²) < 4.78 is 0. The lowest BCUT2D eigenvalue weighted by atomic mass is 9.62. The maximum absolute atomic E-state index is 5.30. The van der Waals surface area contributed by atoms with E-state index in [1.54, 1.807) is 0 Å². The number of nitrogens with one attached hydrogen (secondary N) is 2. The van der Waals surface area contributed by atoms with Crippen LogP contribution in [0.4, 0.5) is 5.82 Å². The molecule has 3 fully saturated rings. The Labute approximate surface area is 221 Å². The second-order valence-corrected chi connectivity index (χ2v) is 11.1. The van der Waals surface area contributed by atoms with Gasteiger partial charge in [-0.25, -0.2) is 15.0 Å². The Balaban J connectivity index is 1.31. The molecule has 3 aliphatic rings. The molecule has 2 aliphatic carbocycles. The van der Waals surface area contributed by atoms with Crippen LogP contribution in [0.25, 0.3) is 33.3 Å². The quantitative estimate of drug-likeness (QED) is 0.339. The Morgan fingerprint density at radius 2 is 1.79 bits per heavy atom. The lowest BCUT2D eigenvalue weighted by molar-refractivity contribution is 0.295. The summed E-state index contributed by atoms with van der Waals surface area (Å²) in [5.41, 5.74) is 6.81. The van der Waals surface area contributed by atoms with E-state index in [4.69, 9.17) is 15.0 Å². The minimum Gasteiger partial charge on any atom is -0.353 e. The Morgan fingerprint density at radius 1 is 0.947 bits per heavy atom. The summed E-state index contributed by atoms with van der Waals surface area (Å²) in [4.78, 5) is 25.9. The molecule has 0 unspecified atom stereocenters. The van der Waals surface area contributed by atoms with Crippen LogP contribution in [0.3, 0.4) is 0 Å². The third kappa shape index (κ3) is 3.45. The Morgan fingerprint density at radius 3 is 2.55 bits per heavy atom. The lowest BCUT2D eigenvalue weighted by Crippen LogP contribution is -2.44. The maximum atomic E-state index is 5.30. The number of pyridine rings is 2. The molecule has 4 aromatic heterocycles. The smallest absolute Gasteiger partial charge is 0.163 e. The van der Waals surface area contributed by atoms with Gasteiger partial charge in [-0.2, -0.15) is 0 Å². The van der Waals surface area contributed by atoms with Crippen LogP contribution >= 0.6 is 0 Å². The van der Waals surface area contributed by atoms with Crippen molar-refractivity contribution in [3.63, 3.8) is 0 Å². The van der Waals surface area contributed by atoms with Crippen LogP contribution in [0.5, 0.6) is 0 Å². The Bertz CT molecular complexity index is 1640. The third-order valence-corrected chi connectivity index (χ3v) is 8.87. The van der Waals surface area contributed by atoms with Gasteiger partial charge in [-0.3, -0.25) is 4.98 Å². The van der Waals surface area contributed by atoms with Gasteiger partial charge in [0.1, 0.15) is 11.5 Å². The number of hydrogen-bond donors (Lipinski definition) is 2. The minimum absolute atomic E-state index is 0.0263. The molecule has 5 aromatic rings. The second-order valence-electron chi connectivity index (χ2n) is 11.1. The second kappa shape index (κ2) is 8.60. The van der Waals surface area contributed by atoms with Gasteiger partial charge in [0, 0.05) is 66.0 Å². The third-order valence-electron chi connectivity index (χ3n) is 8.87. The van der Waals surface area contributed by atoms with E-state index in [9.17, 15) is 0 Å². The van der Waals surface area contributed by atoms with Crippen molar-refractivity contribution in [2.75, 3.05) is 31.1 Å². The summed E-state index contributed by atoms with van der Waals surface area (Å²) in [6, 6.07) is 15.3. The summed E-state index contributed by atoms with van der Waals surface area (Å²) >= 11 is 0. The van der Waals surface area contributed by atoms with E-state index < -0.39 is 0 Å². The van der Waals surface area contributed by atoms with Gasteiger partial charge in [0.2, 0.25) is 0 Å². The molecule has 7 nitrogen and oxygen atoms in total. The number of benzene rings is 1. The largest absolute Gasteiger partial charge is 0.353 e. The number of nitrogens with zero attached hydrogens (tertiary/aromatic N) is 5. The van der Waals surface area contributed by atoms with Crippen molar-refractivity contribution in [3.05, 3.63) is 77.9 Å². The van der Waals surface area contributed by atoms with Crippen molar-refractivity contribution >= 4 is 27.8 Å². The summed E-state index contributed by atoms with van der Waals surface area (Å²) in [5, 5.41) is 5.75. The van der Waals surface area contributed by atoms with Gasteiger partial charge in [0.25, 0.3) is 0 Å². The van der Waals surface area contributed by atoms with Gasteiger partial charge in [0.15, 0.2) is 5.82 Å². The van der Waals surface area contributed by atoms with Crippen molar-refractivity contribution in [2.45, 2.75) is 43.4 Å². The van der Waals surface area contributed by atoms with E-state index >= 15 is 0 Å². The van der Waals surface area contributed by atoms with Crippen LogP contribution in [0.1, 0.15) is 54.8 Å². The molecule has 0 radical (unpaired) electrons. The molecular weight excluding hydrogens is 470 g/mol. The predicted molar refractivity (Wildman–Crippen MR) is 151 cm³/mol. The average molecular weight is 502 g/mol. The first-order valence-corrected chi connectivity index (χ1v) is 14.0. The van der Waals surface area contributed by atoms with E-state index in [0.717, 1.165) is 72.8 Å². The number of piperazine rings is 1. The molecule has 190 valence electrons. The first-order chi connectivity index (χ1) is 18.8. The lowest BCUT2D eigenvalue weighted by Gasteiger charge is -2.42. The minimum atomic E-state index is 0.0263. The maximum Gasteiger partial charge on any atom is 0.163 e. The van der Waals surface area contributed by atoms with Crippen LogP contribution in [0.2, 0.25) is 0 Å². The fraction of sp³-hybridized carbons (Fsp3) is 0.355. The molecule has 7 heteroatoms. The van der Waals surface area contributed by atoms with Crippen LogP contribution in [-0.2, 0) is 5.41 Å². The van der Waals surface area contributed by atoms with Gasteiger partial charge in [-0.1, -0.05) is 36.8 Å². The molecular formula is C31H31N7. The number of H-pyrrole nitrogens is 1. The summed E-state index contributed by atoms with van der Waals surface area (Å²) in [7, 11) is 0. The zero-order chi connectivity index (χ0) is 25.1. The molecule has 5 heterocycles. The van der Waals surface area contributed by atoms with E-state index in [1.165, 1.54) is 41.5 Å². The van der Waals surface area contributed by atoms with E-state index in [2.05, 4.69) is 62.6 Å². The molecule has 38 heavy (non-hydrogen) atoms. The number of fused-ring (bicyclic) bond motifs is 2. The van der Waals surface area contributed by atoms with Crippen LogP contribution < -0.4 is 10.2 Å². The number of anilines is 1. The summed E-state index contributed by atoms with van der Waals surface area (Å²) in [6.07, 6.45) is 11.8. The van der Waals surface area contributed by atoms with Crippen LogP contribution in [0.15, 0.2) is 61.1 Å². The van der Waals surface area contributed by atoms with Gasteiger partial charge in [-0.15, -0.1) is 0 Å². The van der Waals surface area contributed by atoms with Crippen LogP contribution in [0, 0.1) is 0 Å². The average Bonchev–Trinajstić information content (AvgIpc) is 3.70. The Hall–Kier alpha value is -3.84. The molecule has 1 saturated heterocycles. The van der Waals surface area contributed by atoms with Crippen molar-refractivity contribution in [2.24, 2.45) is 0 Å². The van der Waals surface area contributed by atoms with Gasteiger partial charge in [0.05, 0.1) is 11.7 Å². The van der Waals surface area contributed by atoms with E-state index in [-0.39, 0.29) is 5.41 Å². The molecule has 8 rings (SSSR count). The highest BCUT2D eigenvalue weighted by molar-refractivity contribution is 5.97. The highest BCUT2D eigenvalue weighted by Crippen LogP contribution is 2.50. The van der Waals surface area contributed by atoms with Crippen molar-refractivity contribution < 1.29 is 0 Å². The zero-order valence-electron chi connectivity index (χ0n) is 21.5. The van der Waals surface area contributed by atoms with Crippen LogP contribution in [-0.4, -0.2) is 51.1 Å². The van der Waals surface area contributed by atoms with Gasteiger partial charge in [-0.05, 0) is 54.9 Å². The van der Waals surface area contributed by atoms with Crippen molar-refractivity contribution in [1.82, 2.24) is 30.2 Å². The number of aromatic nitrogens is 5. The topological polar surface area (TPSA) is 82.6 Å². The first-order valence-electron chi connectivity index (χ1n) is 14.0. The van der Waals surface area contributed by atoms with E-state index in [1.807, 2.05) is 18.6 Å². The molecule has 2 N–H and O–H groups in total. The van der Waals surface area contributed by atoms with Crippen molar-refractivity contribution in [1.29, 1.82) is 0 Å². The monoisotopic (exact) mass is 501 g/mol. The molecule has 0 spiro atoms. The first kappa shape index (κ1) is 22.2. The number of aromatic amines is 1. The van der Waals surface area contributed by atoms with Crippen molar-refractivity contribution in [3.8, 4) is 11.4 Å². The summed E-state index contributed by atoms with van der Waals surface area (Å²) in [5.74, 6) is 2.39. The molecule has 0 bridgehead atoms. The van der Waals surface area contributed by atoms with Gasteiger partial charge >= 0.3 is 0 Å². The van der Waals surface area contributed by atoms with Gasteiger partial charge < -0.3 is 15.2 Å². The molecule has 0 amide bonds. The fourth-order valence-corrected chi connectivity index (χ4v) is 6.50. The normalized spacial score (nSPS) is 19.1. The Kier molecular flexibility index (Phi) is 5.02. The zero-order valence-corrected chi connectivity index (χ0v) is 21.5. The molecule has 2 saturated carbocycles. The SMILES string of the molecule is c1ccc(C2(c3cc4c(-c5nc(N6CCNCC6)c6c(C7CC7)cncc6n5)ccnc4[nH]3)CCC2)cc1. The molecule has 0 atom stereocenters. The number of hydrogen-bond acceptors (Lipinski definition) is 6. The summed E-state index contributed by atoms with van der Waals surface area (Å²) in [6.45, 7) is 3.81. The standard InChI is InChI=1S/C31H31N7/c1-2-5-21(6-3-1)31(10-4-11-31)26-17-23-22(9-12-34-28(23)36-26)29-35-25-19-33-18-24(20-7-8-20)27(25)30(37-29)38-15-13-32-14-16-38/h1-3,5-6,9,12,17-20,32H,4,7-8,10-11,13-16H2,(H,34,36). The molecule has 1 aromatic carbocycles. The number of rotatable bonds is 5. The molecule has 1 aliphatic heterocycles. The predicted octanol–water partition coefficient (Wildman–Crippen LogP) is 5.33. The van der Waals surface area contributed by atoms with E-state index in [0.29, 0.717) is 5.92 Å². The fourth-order valence-electron chi connectivity index (χ4n) is 6.50. The highest BCUT2D eigenvalue weighted by Gasteiger charge is 2.41. The highest BCUT2D eigenvalue weighted by atomic mass is 15.2.